The van der Waals surface area contributed by atoms with Gasteiger partial charge in [-0.25, -0.2) is 0 Å². The molecule has 2 unspecified atom stereocenters. The van der Waals surface area contributed by atoms with Crippen LogP contribution in [-0.2, 0) is 4.74 Å². The minimum atomic E-state index is 0.272. The van der Waals surface area contributed by atoms with Gasteiger partial charge in [-0.2, -0.15) is 0 Å². The summed E-state index contributed by atoms with van der Waals surface area (Å²) in [6.07, 6.45) is 1.13. The van der Waals surface area contributed by atoms with Gasteiger partial charge >= 0.3 is 0 Å². The predicted octanol–water partition coefficient (Wildman–Crippen LogP) is 2.49. The highest BCUT2D eigenvalue weighted by Gasteiger charge is 2.33. The summed E-state index contributed by atoms with van der Waals surface area (Å²) < 4.78 is 5.20. The molecule has 0 radical (unpaired) electrons. The fourth-order valence-electron chi connectivity index (χ4n) is 1.57. The van der Waals surface area contributed by atoms with Crippen LogP contribution < -0.4 is 0 Å². The molecule has 0 spiro atoms. The molecule has 2 heteroatoms. The Bertz CT molecular complexity index is 191. The first-order chi connectivity index (χ1) is 5.45. The summed E-state index contributed by atoms with van der Waals surface area (Å²) in [5.74, 6) is 1.43. The van der Waals surface area contributed by atoms with Crippen molar-refractivity contribution in [3.8, 4) is 0 Å². The van der Waals surface area contributed by atoms with Gasteiger partial charge in [0.15, 0.2) is 5.90 Å². The maximum absolute atomic E-state index is 5.20. The van der Waals surface area contributed by atoms with E-state index < -0.39 is 0 Å². The Kier molecular flexibility index (Phi) is 2.45. The Morgan fingerprint density at radius 2 is 2.00 bits per heavy atom. The molecule has 1 heterocycles. The highest BCUT2D eigenvalue weighted by atomic mass is 16.5. The largest absolute Gasteiger partial charge is 0.484 e. The van der Waals surface area contributed by atoms with Gasteiger partial charge in [-0.15, -0.1) is 0 Å². The summed E-state index contributed by atoms with van der Waals surface area (Å²) in [4.78, 5) is 4.55. The Labute approximate surface area is 75.0 Å². The van der Waals surface area contributed by atoms with Crippen molar-refractivity contribution >= 4 is 5.90 Å². The van der Waals surface area contributed by atoms with Crippen LogP contribution in [0.15, 0.2) is 4.99 Å². The number of aliphatic imine (C=N–C) groups is 1. The molecule has 0 aromatic rings. The van der Waals surface area contributed by atoms with E-state index in [4.69, 9.17) is 4.74 Å². The summed E-state index contributed by atoms with van der Waals surface area (Å²) in [6, 6.07) is 0.433. The second-order valence-corrected chi connectivity index (χ2v) is 4.69. The predicted molar refractivity (Wildman–Crippen MR) is 51.5 cm³/mol. The maximum Gasteiger partial charge on any atom is 0.186 e. The van der Waals surface area contributed by atoms with E-state index in [-0.39, 0.29) is 5.41 Å². The highest BCUT2D eigenvalue weighted by molar-refractivity contribution is 5.80. The number of nitrogens with zero attached hydrogens (tertiary/aromatic N) is 1. The average Bonchev–Trinajstić information content (AvgIpc) is 2.29. The van der Waals surface area contributed by atoms with E-state index >= 15 is 0 Å². The van der Waals surface area contributed by atoms with E-state index in [9.17, 15) is 0 Å². The quantitative estimate of drug-likeness (QED) is 0.546. The number of ether oxygens (including phenoxy) is 1. The summed E-state index contributed by atoms with van der Waals surface area (Å²) in [7, 11) is 1.71. The Morgan fingerprint density at radius 3 is 2.25 bits per heavy atom. The van der Waals surface area contributed by atoms with Crippen molar-refractivity contribution in [2.24, 2.45) is 16.3 Å². The first-order valence-corrected chi connectivity index (χ1v) is 4.57. The molecule has 70 valence electrons. The summed E-state index contributed by atoms with van der Waals surface area (Å²) in [5.41, 5.74) is 0.272. The fourth-order valence-corrected chi connectivity index (χ4v) is 1.57. The first kappa shape index (κ1) is 9.56. The summed E-state index contributed by atoms with van der Waals surface area (Å²) >= 11 is 0. The van der Waals surface area contributed by atoms with Crippen LogP contribution in [0.3, 0.4) is 0 Å². The Morgan fingerprint density at radius 1 is 1.42 bits per heavy atom. The molecular weight excluding hydrogens is 150 g/mol. The van der Waals surface area contributed by atoms with Crippen molar-refractivity contribution in [1.82, 2.24) is 0 Å². The van der Waals surface area contributed by atoms with Crippen molar-refractivity contribution in [2.75, 3.05) is 7.11 Å². The molecule has 1 rings (SSSR count). The molecule has 0 saturated carbocycles. The molecule has 2 atom stereocenters. The lowest BCUT2D eigenvalue weighted by atomic mass is 9.84. The molecular formula is C10H19NO. The van der Waals surface area contributed by atoms with Crippen LogP contribution in [0.5, 0.6) is 0 Å². The molecule has 0 bridgehead atoms. The Balaban J connectivity index is 2.70. The molecule has 0 aliphatic carbocycles. The zero-order chi connectivity index (χ0) is 9.35. The third-order valence-corrected chi connectivity index (χ3v) is 2.49. The van der Waals surface area contributed by atoms with Gasteiger partial charge in [-0.3, -0.25) is 4.99 Å². The summed E-state index contributed by atoms with van der Waals surface area (Å²) in [6.45, 7) is 8.86. The number of methoxy groups -OCH3 is 1. The van der Waals surface area contributed by atoms with E-state index in [1.165, 1.54) is 0 Å². The van der Waals surface area contributed by atoms with Gasteiger partial charge in [0.2, 0.25) is 0 Å². The van der Waals surface area contributed by atoms with Crippen molar-refractivity contribution in [2.45, 2.75) is 40.2 Å². The zero-order valence-corrected chi connectivity index (χ0v) is 8.72. The monoisotopic (exact) mass is 169 g/mol. The van der Waals surface area contributed by atoms with Crippen LogP contribution in [0.1, 0.15) is 34.1 Å². The van der Waals surface area contributed by atoms with Crippen molar-refractivity contribution in [3.05, 3.63) is 0 Å². The average molecular weight is 169 g/mol. The molecule has 0 aromatic carbocycles. The van der Waals surface area contributed by atoms with Gasteiger partial charge in [0.1, 0.15) is 0 Å². The standard InChI is InChI=1S/C10H19NO/c1-7-6-8(10(2,3)4)11-9(7)12-5/h7-8H,6H2,1-5H3. The molecule has 0 saturated heterocycles. The van der Waals surface area contributed by atoms with Crippen LogP contribution >= 0.6 is 0 Å². The molecule has 1 aliphatic heterocycles. The maximum atomic E-state index is 5.20. The lowest BCUT2D eigenvalue weighted by Crippen LogP contribution is -2.22. The molecule has 0 N–H and O–H groups in total. The minimum absolute atomic E-state index is 0.272. The fraction of sp³-hybridized carbons (Fsp3) is 0.900. The molecule has 1 aliphatic rings. The van der Waals surface area contributed by atoms with Crippen LogP contribution in [-0.4, -0.2) is 19.0 Å². The van der Waals surface area contributed by atoms with Gasteiger partial charge < -0.3 is 4.74 Å². The third-order valence-electron chi connectivity index (χ3n) is 2.49. The molecule has 0 fully saturated rings. The summed E-state index contributed by atoms with van der Waals surface area (Å²) in [5, 5.41) is 0. The highest BCUT2D eigenvalue weighted by Crippen LogP contribution is 2.33. The van der Waals surface area contributed by atoms with Gasteiger partial charge in [0, 0.05) is 5.92 Å². The van der Waals surface area contributed by atoms with Gasteiger partial charge in [0.25, 0.3) is 0 Å². The minimum Gasteiger partial charge on any atom is -0.484 e. The smallest absolute Gasteiger partial charge is 0.186 e. The topological polar surface area (TPSA) is 21.6 Å². The van der Waals surface area contributed by atoms with Crippen molar-refractivity contribution < 1.29 is 4.74 Å². The van der Waals surface area contributed by atoms with Gasteiger partial charge in [-0.1, -0.05) is 27.7 Å². The van der Waals surface area contributed by atoms with Crippen LogP contribution in [0.4, 0.5) is 0 Å². The van der Waals surface area contributed by atoms with E-state index in [2.05, 4.69) is 32.7 Å². The SMILES string of the molecule is COC1=NC(C(C)(C)C)CC1C. The van der Waals surface area contributed by atoms with Crippen LogP contribution in [0.2, 0.25) is 0 Å². The van der Waals surface area contributed by atoms with E-state index in [0.717, 1.165) is 12.3 Å². The van der Waals surface area contributed by atoms with Gasteiger partial charge in [-0.05, 0) is 11.8 Å². The lowest BCUT2D eigenvalue weighted by Gasteiger charge is -2.23. The third kappa shape index (κ3) is 1.79. The van der Waals surface area contributed by atoms with Crippen molar-refractivity contribution in [1.29, 1.82) is 0 Å². The molecule has 0 amide bonds. The number of hydrogen-bond acceptors (Lipinski definition) is 2. The van der Waals surface area contributed by atoms with Gasteiger partial charge in [0.05, 0.1) is 13.2 Å². The Hall–Kier alpha value is -0.530. The van der Waals surface area contributed by atoms with E-state index in [1.807, 2.05) is 0 Å². The second kappa shape index (κ2) is 3.08. The normalized spacial score (nSPS) is 30.2. The number of rotatable bonds is 0. The first-order valence-electron chi connectivity index (χ1n) is 4.57. The molecule has 2 nitrogen and oxygen atoms in total. The second-order valence-electron chi connectivity index (χ2n) is 4.69. The molecule has 0 aromatic heterocycles. The van der Waals surface area contributed by atoms with E-state index in [1.54, 1.807) is 7.11 Å². The van der Waals surface area contributed by atoms with Crippen LogP contribution in [0, 0.1) is 11.3 Å². The zero-order valence-electron chi connectivity index (χ0n) is 8.72. The number of hydrogen-bond donors (Lipinski definition) is 0. The van der Waals surface area contributed by atoms with E-state index in [0.29, 0.717) is 12.0 Å². The lowest BCUT2D eigenvalue weighted by molar-refractivity contribution is 0.310. The molecule has 12 heavy (non-hydrogen) atoms. The van der Waals surface area contributed by atoms with Crippen molar-refractivity contribution in [3.63, 3.8) is 0 Å². The van der Waals surface area contributed by atoms with Crippen LogP contribution in [0.25, 0.3) is 0 Å².